The zero-order valence-electron chi connectivity index (χ0n) is 18.8. The summed E-state index contributed by atoms with van der Waals surface area (Å²) in [5.41, 5.74) is 2.61. The molecular weight excluding hydrogens is 463 g/mol. The molecule has 2 heterocycles. The molecule has 0 bridgehead atoms. The van der Waals surface area contributed by atoms with Gasteiger partial charge in [-0.2, -0.15) is 27.9 Å². The van der Waals surface area contributed by atoms with Crippen LogP contribution in [0, 0.1) is 0 Å². The van der Waals surface area contributed by atoms with Crippen molar-refractivity contribution < 1.29 is 27.6 Å². The molecule has 2 aromatic heterocycles. The Morgan fingerprint density at radius 1 is 1.06 bits per heavy atom. The number of nitrogens with zero attached hydrogens (tertiary/aromatic N) is 5. The summed E-state index contributed by atoms with van der Waals surface area (Å²) in [7, 11) is 0. The topological polar surface area (TPSA) is 99.7 Å². The quantitative estimate of drug-likeness (QED) is 0.407. The summed E-state index contributed by atoms with van der Waals surface area (Å²) in [5, 5.41) is 12.3. The predicted molar refractivity (Wildman–Crippen MR) is 118 cm³/mol. The highest BCUT2D eigenvalue weighted by Gasteiger charge is 2.38. The first-order chi connectivity index (χ1) is 16.7. The van der Waals surface area contributed by atoms with Gasteiger partial charge in [0.05, 0.1) is 23.8 Å². The number of carbonyl (C=O) groups excluding carboxylic acids is 3. The van der Waals surface area contributed by atoms with E-state index in [0.717, 1.165) is 15.9 Å². The first-order valence-electron chi connectivity index (χ1n) is 10.4. The van der Waals surface area contributed by atoms with Gasteiger partial charge in [0.1, 0.15) is 11.5 Å². The van der Waals surface area contributed by atoms with Crippen LogP contribution < -0.4 is 0 Å². The molecule has 11 heteroatoms. The maximum atomic E-state index is 13.5. The van der Waals surface area contributed by atoms with E-state index >= 15 is 0 Å². The lowest BCUT2D eigenvalue weighted by molar-refractivity contribution is -0.191. The number of ketones is 1. The highest BCUT2D eigenvalue weighted by Crippen LogP contribution is 2.34. The maximum absolute atomic E-state index is 13.5. The van der Waals surface area contributed by atoms with Crippen LogP contribution in [0.3, 0.4) is 0 Å². The highest BCUT2D eigenvalue weighted by molar-refractivity contribution is 5.78. The lowest BCUT2D eigenvalue weighted by atomic mass is 10.1. The number of benzene rings is 2. The summed E-state index contributed by atoms with van der Waals surface area (Å²) < 4.78 is 43.1. The standard InChI is InChI=1S/C23H20F3N5O.CO2/c1-3-17-13-27-31(22(17)23(24,25)26)19-9-7-18(8-10-19)21-14-30(29-28-21)20-6-4-5-16(12-20)11-15(2)32;2-1-3/h4-10,12-14H,3,11H2,1-2H3;. The Hall–Kier alpha value is -4.37. The second kappa shape index (κ2) is 10.7. The zero-order chi connectivity index (χ0) is 25.6. The number of rotatable bonds is 6. The molecule has 0 aliphatic heterocycles. The van der Waals surface area contributed by atoms with E-state index in [1.54, 1.807) is 42.1 Å². The average molecular weight is 483 g/mol. The predicted octanol–water partition coefficient (Wildman–Crippen LogP) is 4.25. The van der Waals surface area contributed by atoms with E-state index in [0.29, 0.717) is 23.4 Å². The van der Waals surface area contributed by atoms with Crippen molar-refractivity contribution >= 4 is 11.9 Å². The van der Waals surface area contributed by atoms with Gasteiger partial charge in [0.15, 0.2) is 5.69 Å². The van der Waals surface area contributed by atoms with Crippen LogP contribution in [0.4, 0.5) is 13.2 Å². The molecule has 0 atom stereocenters. The van der Waals surface area contributed by atoms with Crippen LogP contribution in [-0.4, -0.2) is 36.7 Å². The number of Topliss-reactive ketones (excluding diaryl/α,β-unsaturated/α-hetero) is 1. The molecule has 0 spiro atoms. The molecule has 0 amide bonds. The minimum absolute atomic E-state index is 0.0680. The summed E-state index contributed by atoms with van der Waals surface area (Å²) in [6.07, 6.45) is -0.692. The second-order valence-corrected chi connectivity index (χ2v) is 7.51. The third-order valence-corrected chi connectivity index (χ3v) is 5.02. The van der Waals surface area contributed by atoms with Crippen LogP contribution in [0.5, 0.6) is 0 Å². The van der Waals surface area contributed by atoms with E-state index in [4.69, 9.17) is 9.59 Å². The number of aromatic nitrogens is 5. The van der Waals surface area contributed by atoms with Gasteiger partial charge >= 0.3 is 12.3 Å². The molecule has 35 heavy (non-hydrogen) atoms. The molecule has 0 unspecified atom stereocenters. The number of alkyl halides is 3. The van der Waals surface area contributed by atoms with Crippen LogP contribution in [-0.2, 0) is 33.4 Å². The van der Waals surface area contributed by atoms with Gasteiger partial charge in [-0.25, -0.2) is 9.36 Å². The van der Waals surface area contributed by atoms with Gasteiger partial charge in [-0.3, -0.25) is 4.79 Å². The molecule has 0 fully saturated rings. The van der Waals surface area contributed by atoms with Crippen molar-refractivity contribution in [2.24, 2.45) is 0 Å². The number of carbonyl (C=O) groups is 1. The molecule has 8 nitrogen and oxygen atoms in total. The fraction of sp³-hybridized carbons (Fsp3) is 0.208. The van der Waals surface area contributed by atoms with Crippen molar-refractivity contribution in [2.75, 3.05) is 0 Å². The third kappa shape index (κ3) is 5.96. The van der Waals surface area contributed by atoms with Gasteiger partial charge in [-0.05, 0) is 43.2 Å². The van der Waals surface area contributed by atoms with Gasteiger partial charge in [-0.1, -0.05) is 36.4 Å². The Morgan fingerprint density at radius 2 is 1.74 bits per heavy atom. The van der Waals surface area contributed by atoms with Crippen molar-refractivity contribution in [2.45, 2.75) is 32.9 Å². The lowest BCUT2D eigenvalue weighted by Gasteiger charge is -2.12. The minimum Gasteiger partial charge on any atom is -0.300 e. The van der Waals surface area contributed by atoms with Gasteiger partial charge < -0.3 is 0 Å². The number of aryl methyl sites for hydroxylation is 1. The summed E-state index contributed by atoms with van der Waals surface area (Å²) in [4.78, 5) is 27.6. The minimum atomic E-state index is -4.50. The lowest BCUT2D eigenvalue weighted by Crippen LogP contribution is -2.15. The molecule has 0 aliphatic rings. The van der Waals surface area contributed by atoms with Crippen LogP contribution in [0.1, 0.15) is 30.7 Å². The fourth-order valence-corrected chi connectivity index (χ4v) is 3.53. The second-order valence-electron chi connectivity index (χ2n) is 7.51. The molecule has 0 N–H and O–H groups in total. The molecule has 0 saturated carbocycles. The van der Waals surface area contributed by atoms with Gasteiger partial charge in [0.25, 0.3) is 0 Å². The van der Waals surface area contributed by atoms with Crippen LogP contribution >= 0.6 is 0 Å². The highest BCUT2D eigenvalue weighted by atomic mass is 19.4. The Kier molecular flexibility index (Phi) is 7.73. The monoisotopic (exact) mass is 483 g/mol. The van der Waals surface area contributed by atoms with Crippen molar-refractivity contribution in [3.05, 3.63) is 77.7 Å². The van der Waals surface area contributed by atoms with Crippen LogP contribution in [0.2, 0.25) is 0 Å². The zero-order valence-corrected chi connectivity index (χ0v) is 18.8. The molecule has 0 radical (unpaired) electrons. The Morgan fingerprint density at radius 3 is 2.34 bits per heavy atom. The summed E-state index contributed by atoms with van der Waals surface area (Å²) in [5.74, 6) is 0.0680. The summed E-state index contributed by atoms with van der Waals surface area (Å²) in [6, 6.07) is 13.9. The molecule has 0 saturated heterocycles. The van der Waals surface area contributed by atoms with Gasteiger partial charge in [0.2, 0.25) is 0 Å². The normalized spacial score (nSPS) is 10.9. The first-order valence-corrected chi connectivity index (χ1v) is 10.4. The van der Waals surface area contributed by atoms with E-state index in [1.807, 2.05) is 24.3 Å². The van der Waals surface area contributed by atoms with Crippen molar-refractivity contribution in [1.82, 2.24) is 24.8 Å². The molecule has 0 aliphatic carbocycles. The van der Waals surface area contributed by atoms with E-state index < -0.39 is 11.9 Å². The van der Waals surface area contributed by atoms with Crippen molar-refractivity contribution in [3.8, 4) is 22.6 Å². The molecule has 180 valence electrons. The van der Waals surface area contributed by atoms with Gasteiger partial charge in [0, 0.05) is 17.5 Å². The van der Waals surface area contributed by atoms with Crippen molar-refractivity contribution in [1.29, 1.82) is 0 Å². The molecule has 2 aromatic carbocycles. The fourth-order valence-electron chi connectivity index (χ4n) is 3.53. The first kappa shape index (κ1) is 25.3. The van der Waals surface area contributed by atoms with E-state index in [-0.39, 0.29) is 23.9 Å². The Bertz CT molecular complexity index is 1350. The van der Waals surface area contributed by atoms with Crippen LogP contribution in [0.25, 0.3) is 22.6 Å². The van der Waals surface area contributed by atoms with Crippen molar-refractivity contribution in [3.63, 3.8) is 0 Å². The Labute approximate surface area is 198 Å². The summed E-state index contributed by atoms with van der Waals surface area (Å²) >= 11 is 0. The molecule has 4 rings (SSSR count). The van der Waals surface area contributed by atoms with Crippen LogP contribution in [0.15, 0.2) is 60.9 Å². The third-order valence-electron chi connectivity index (χ3n) is 5.02. The maximum Gasteiger partial charge on any atom is 0.433 e. The Balaban J connectivity index is 0.00000108. The number of hydrogen-bond acceptors (Lipinski definition) is 6. The average Bonchev–Trinajstić information content (AvgIpc) is 3.47. The largest absolute Gasteiger partial charge is 0.433 e. The molecular formula is C24H20F3N5O3. The smallest absolute Gasteiger partial charge is 0.300 e. The van der Waals surface area contributed by atoms with E-state index in [9.17, 15) is 18.0 Å². The number of hydrogen-bond donors (Lipinski definition) is 0. The van der Waals surface area contributed by atoms with E-state index in [1.165, 1.54) is 13.1 Å². The molecule has 4 aromatic rings. The van der Waals surface area contributed by atoms with E-state index in [2.05, 4.69) is 15.4 Å². The van der Waals surface area contributed by atoms with Gasteiger partial charge in [-0.15, -0.1) is 5.10 Å². The summed E-state index contributed by atoms with van der Waals surface area (Å²) in [6.45, 7) is 3.20. The SMILES string of the molecule is CCc1cnn(-c2ccc(-c3cn(-c4cccc(CC(C)=O)c4)nn3)cc2)c1C(F)(F)F.O=C=O. The number of halogens is 3.